The van der Waals surface area contributed by atoms with Crippen molar-refractivity contribution in [3.63, 3.8) is 0 Å². The van der Waals surface area contributed by atoms with E-state index in [2.05, 4.69) is 15.6 Å². The fraction of sp³-hybridized carbons (Fsp3) is 0.348. The number of hydrogen-bond donors (Lipinski definition) is 4. The molecule has 8 heteroatoms. The van der Waals surface area contributed by atoms with Crippen molar-refractivity contribution < 1.29 is 24.2 Å². The number of carboxylic acid groups (broad SMARTS) is 1. The van der Waals surface area contributed by atoms with Gasteiger partial charge in [-0.1, -0.05) is 49.4 Å². The molecule has 1 aromatic heterocycles. The molecule has 1 heterocycles. The van der Waals surface area contributed by atoms with Crippen molar-refractivity contribution in [2.45, 2.75) is 31.8 Å². The summed E-state index contributed by atoms with van der Waals surface area (Å²) in [5.74, 6) is -0.308. The summed E-state index contributed by atoms with van der Waals surface area (Å²) < 4.78 is 5.81. The first-order valence-corrected chi connectivity index (χ1v) is 10.2. The zero-order valence-corrected chi connectivity index (χ0v) is 17.4. The molecule has 31 heavy (non-hydrogen) atoms. The molecule has 0 bridgehead atoms. The van der Waals surface area contributed by atoms with Gasteiger partial charge in [0.05, 0.1) is 6.54 Å². The minimum absolute atomic E-state index is 0.0649. The van der Waals surface area contributed by atoms with Crippen molar-refractivity contribution >= 4 is 23.1 Å². The smallest absolute Gasteiger partial charge is 0.404 e. The van der Waals surface area contributed by atoms with Crippen molar-refractivity contribution in [1.82, 2.24) is 15.6 Å². The van der Waals surface area contributed by atoms with E-state index in [9.17, 15) is 14.7 Å². The predicted molar refractivity (Wildman–Crippen MR) is 115 cm³/mol. The Kier molecular flexibility index (Phi) is 7.25. The Morgan fingerprint density at radius 1 is 1.10 bits per heavy atom. The maximum Gasteiger partial charge on any atom is 0.404 e. The number of aryl methyl sites for hydroxylation is 1. The van der Waals surface area contributed by atoms with E-state index in [0.717, 1.165) is 5.56 Å². The number of nitrogens with one attached hydrogen (secondary N) is 2. The van der Waals surface area contributed by atoms with Gasteiger partial charge in [0.15, 0.2) is 11.2 Å². The van der Waals surface area contributed by atoms with E-state index in [1.807, 2.05) is 42.5 Å². The van der Waals surface area contributed by atoms with E-state index in [4.69, 9.17) is 9.52 Å². The molecule has 4 N–H and O–H groups in total. The summed E-state index contributed by atoms with van der Waals surface area (Å²) in [7, 11) is 0. The van der Waals surface area contributed by atoms with Gasteiger partial charge in [-0.3, -0.25) is 4.79 Å². The van der Waals surface area contributed by atoms with Crippen molar-refractivity contribution in [2.24, 2.45) is 5.92 Å². The predicted octanol–water partition coefficient (Wildman–Crippen LogP) is 3.06. The molecule has 8 nitrogen and oxygen atoms in total. The van der Waals surface area contributed by atoms with Gasteiger partial charge < -0.3 is 25.3 Å². The zero-order valence-electron chi connectivity index (χ0n) is 17.4. The van der Waals surface area contributed by atoms with Crippen LogP contribution in [0, 0.1) is 5.92 Å². The number of aromatic nitrogens is 1. The number of oxazole rings is 1. The highest BCUT2D eigenvalue weighted by Crippen LogP contribution is 2.29. The number of carbonyl (C=O) groups is 2. The van der Waals surface area contributed by atoms with E-state index in [1.54, 1.807) is 19.1 Å². The minimum Gasteiger partial charge on any atom is -0.465 e. The van der Waals surface area contributed by atoms with Crippen LogP contribution in [0.25, 0.3) is 11.1 Å². The molecule has 0 radical (unpaired) electrons. The topological polar surface area (TPSA) is 125 Å². The van der Waals surface area contributed by atoms with Crippen molar-refractivity contribution in [1.29, 1.82) is 0 Å². The number of fused-ring (bicyclic) bond motifs is 1. The van der Waals surface area contributed by atoms with Gasteiger partial charge in [0.2, 0.25) is 11.8 Å². The Labute approximate surface area is 180 Å². The lowest BCUT2D eigenvalue weighted by atomic mass is 9.94. The van der Waals surface area contributed by atoms with Crippen molar-refractivity contribution in [3.05, 3.63) is 66.1 Å². The average Bonchev–Trinajstić information content (AvgIpc) is 3.21. The van der Waals surface area contributed by atoms with Crippen LogP contribution in [-0.2, 0) is 16.8 Å². The Hall–Kier alpha value is -3.39. The second kappa shape index (κ2) is 10.1. The number of hydrogen-bond acceptors (Lipinski definition) is 5. The Balaban J connectivity index is 1.70. The van der Waals surface area contributed by atoms with Gasteiger partial charge >= 0.3 is 6.09 Å². The third kappa shape index (κ3) is 6.29. The van der Waals surface area contributed by atoms with Gasteiger partial charge in [-0.05, 0) is 36.5 Å². The number of carbonyl (C=O) groups excluding carboxylic acids is 1. The van der Waals surface area contributed by atoms with Crippen LogP contribution in [0.15, 0.2) is 59.0 Å². The molecule has 0 saturated carbocycles. The van der Waals surface area contributed by atoms with Crippen molar-refractivity contribution in [2.75, 3.05) is 13.1 Å². The van der Waals surface area contributed by atoms with E-state index in [-0.39, 0.29) is 37.2 Å². The number of amides is 2. The number of rotatable bonds is 10. The molecular formula is C23H27N3O5. The average molecular weight is 425 g/mol. The minimum atomic E-state index is -1.49. The van der Waals surface area contributed by atoms with Crippen LogP contribution >= 0.6 is 0 Å². The van der Waals surface area contributed by atoms with E-state index < -0.39 is 11.7 Å². The molecule has 0 fully saturated rings. The summed E-state index contributed by atoms with van der Waals surface area (Å²) >= 11 is 0. The van der Waals surface area contributed by atoms with E-state index >= 15 is 0 Å². The lowest BCUT2D eigenvalue weighted by Gasteiger charge is -2.25. The molecular weight excluding hydrogens is 398 g/mol. The molecule has 0 aliphatic rings. The van der Waals surface area contributed by atoms with Crippen LogP contribution in [-0.4, -0.2) is 40.3 Å². The van der Waals surface area contributed by atoms with Crippen molar-refractivity contribution in [3.8, 4) is 0 Å². The van der Waals surface area contributed by atoms with Crippen LogP contribution in [0.5, 0.6) is 0 Å². The summed E-state index contributed by atoms with van der Waals surface area (Å²) in [6.45, 7) is 1.88. The Morgan fingerprint density at radius 2 is 1.81 bits per heavy atom. The number of para-hydroxylation sites is 2. The van der Waals surface area contributed by atoms with Crippen LogP contribution in [0.4, 0.5) is 4.79 Å². The third-order valence-electron chi connectivity index (χ3n) is 5.08. The summed E-state index contributed by atoms with van der Waals surface area (Å²) in [5.41, 5.74) is 0.759. The highest BCUT2D eigenvalue weighted by molar-refractivity contribution is 5.76. The Morgan fingerprint density at radius 3 is 2.52 bits per heavy atom. The molecule has 2 atom stereocenters. The van der Waals surface area contributed by atoms with Gasteiger partial charge in [0.25, 0.3) is 0 Å². The second-order valence-electron chi connectivity index (χ2n) is 7.78. The molecule has 0 saturated heterocycles. The van der Waals surface area contributed by atoms with Gasteiger partial charge in [-0.2, -0.15) is 0 Å². The summed E-state index contributed by atoms with van der Waals surface area (Å²) in [6.07, 6.45) is -0.119. The SMILES string of the molecule is CC(CNC(=O)O)CC(=O)NCC(O)(CCc1ccccc1)c1nc2ccccc2o1. The van der Waals surface area contributed by atoms with Gasteiger partial charge in [0, 0.05) is 13.0 Å². The molecule has 3 rings (SSSR count). The van der Waals surface area contributed by atoms with E-state index in [0.29, 0.717) is 23.9 Å². The molecule has 0 spiro atoms. The van der Waals surface area contributed by atoms with E-state index in [1.165, 1.54) is 0 Å². The largest absolute Gasteiger partial charge is 0.465 e. The second-order valence-corrected chi connectivity index (χ2v) is 7.78. The lowest BCUT2D eigenvalue weighted by molar-refractivity contribution is -0.123. The quantitative estimate of drug-likeness (QED) is 0.396. The van der Waals surface area contributed by atoms with Crippen LogP contribution in [0.3, 0.4) is 0 Å². The standard InChI is InChI=1S/C23H27N3O5/c1-16(14-24-22(28)29)13-20(27)25-15-23(30,12-11-17-7-3-2-4-8-17)21-26-18-9-5-6-10-19(18)31-21/h2-10,16,24,30H,11-15H2,1H3,(H,25,27)(H,28,29). The molecule has 0 aliphatic heterocycles. The summed E-state index contributed by atoms with van der Waals surface area (Å²) in [4.78, 5) is 27.4. The van der Waals surface area contributed by atoms with Gasteiger partial charge in [0.1, 0.15) is 5.52 Å². The lowest BCUT2D eigenvalue weighted by Crippen LogP contribution is -2.42. The van der Waals surface area contributed by atoms with Gasteiger partial charge in [-0.15, -0.1) is 0 Å². The number of aliphatic hydroxyl groups is 1. The first-order valence-electron chi connectivity index (χ1n) is 10.2. The third-order valence-corrected chi connectivity index (χ3v) is 5.08. The first kappa shape index (κ1) is 22.3. The van der Waals surface area contributed by atoms with Crippen LogP contribution in [0.2, 0.25) is 0 Å². The molecule has 2 unspecified atom stereocenters. The molecule has 2 amide bonds. The van der Waals surface area contributed by atoms with Crippen LogP contribution in [0.1, 0.15) is 31.2 Å². The maximum absolute atomic E-state index is 12.4. The highest BCUT2D eigenvalue weighted by atomic mass is 16.4. The number of benzene rings is 2. The normalized spacial score (nSPS) is 14.0. The molecule has 164 valence electrons. The molecule has 0 aliphatic carbocycles. The summed E-state index contributed by atoms with van der Waals surface area (Å²) in [5, 5.41) is 25.1. The molecule has 3 aromatic rings. The Bertz CT molecular complexity index is 987. The monoisotopic (exact) mass is 425 g/mol. The maximum atomic E-state index is 12.4. The van der Waals surface area contributed by atoms with Crippen LogP contribution < -0.4 is 10.6 Å². The fourth-order valence-corrected chi connectivity index (χ4v) is 3.31. The van der Waals surface area contributed by atoms with Gasteiger partial charge in [-0.25, -0.2) is 9.78 Å². The fourth-order valence-electron chi connectivity index (χ4n) is 3.31. The summed E-state index contributed by atoms with van der Waals surface area (Å²) in [6, 6.07) is 17.0. The highest BCUT2D eigenvalue weighted by Gasteiger charge is 2.35. The number of nitrogens with zero attached hydrogens (tertiary/aromatic N) is 1. The molecule has 2 aromatic carbocycles. The first-order chi connectivity index (χ1) is 14.9. The zero-order chi connectivity index (χ0) is 22.3.